The van der Waals surface area contributed by atoms with Crippen molar-refractivity contribution < 1.29 is 28.9 Å². The van der Waals surface area contributed by atoms with Crippen molar-refractivity contribution in [1.29, 1.82) is 0 Å². The Hall–Kier alpha value is -2.45. The molecule has 144 valence electrons. The molecule has 8 nitrogen and oxygen atoms in total. The van der Waals surface area contributed by atoms with Gasteiger partial charge in [0.15, 0.2) is 12.6 Å². The molecule has 0 spiro atoms. The van der Waals surface area contributed by atoms with Crippen LogP contribution in [0.15, 0.2) is 23.9 Å². The molecule has 1 rings (SSSR count). The SMILES string of the molecule is CCOC(=O)/C(C=O)=C(\O)c1cccnc1N(C)CC(OCC)OCC. The van der Waals surface area contributed by atoms with Gasteiger partial charge in [0.25, 0.3) is 0 Å². The highest BCUT2D eigenvalue weighted by Crippen LogP contribution is 2.25. The Morgan fingerprint density at radius 3 is 2.46 bits per heavy atom. The van der Waals surface area contributed by atoms with Crippen LogP contribution in [0.25, 0.3) is 5.76 Å². The van der Waals surface area contributed by atoms with E-state index in [1.165, 1.54) is 0 Å². The van der Waals surface area contributed by atoms with Crippen LogP contribution in [0.2, 0.25) is 0 Å². The van der Waals surface area contributed by atoms with E-state index in [0.29, 0.717) is 25.6 Å². The molecular weight excluding hydrogens is 340 g/mol. The number of esters is 1. The largest absolute Gasteiger partial charge is 0.506 e. The quantitative estimate of drug-likeness (QED) is 0.121. The summed E-state index contributed by atoms with van der Waals surface area (Å²) in [5.74, 6) is -1.00. The van der Waals surface area contributed by atoms with Gasteiger partial charge < -0.3 is 24.2 Å². The van der Waals surface area contributed by atoms with Crippen LogP contribution >= 0.6 is 0 Å². The van der Waals surface area contributed by atoms with Crippen molar-refractivity contribution in [3.63, 3.8) is 0 Å². The highest BCUT2D eigenvalue weighted by Gasteiger charge is 2.22. The molecule has 0 amide bonds. The maximum absolute atomic E-state index is 11.9. The zero-order chi connectivity index (χ0) is 19.5. The average molecular weight is 366 g/mol. The number of carbonyl (C=O) groups excluding carboxylic acids is 2. The first-order chi connectivity index (χ1) is 12.5. The minimum Gasteiger partial charge on any atom is -0.506 e. The van der Waals surface area contributed by atoms with E-state index in [9.17, 15) is 14.7 Å². The van der Waals surface area contributed by atoms with Gasteiger partial charge >= 0.3 is 5.97 Å². The Bertz CT molecular complexity index is 626. The summed E-state index contributed by atoms with van der Waals surface area (Å²) in [5.41, 5.74) is -0.224. The van der Waals surface area contributed by atoms with Gasteiger partial charge in [0.2, 0.25) is 0 Å². The Morgan fingerprint density at radius 1 is 1.27 bits per heavy atom. The molecule has 8 heteroatoms. The predicted octanol–water partition coefficient (Wildman–Crippen LogP) is 1.95. The van der Waals surface area contributed by atoms with Gasteiger partial charge in [-0.3, -0.25) is 4.79 Å². The fraction of sp³-hybridized carbons (Fsp3) is 0.500. The number of ether oxygens (including phenoxy) is 3. The molecule has 0 fully saturated rings. The molecule has 1 heterocycles. The number of nitrogens with zero attached hydrogens (tertiary/aromatic N) is 2. The average Bonchev–Trinajstić information content (AvgIpc) is 2.62. The van der Waals surface area contributed by atoms with Gasteiger partial charge in [0, 0.05) is 26.5 Å². The Balaban J connectivity index is 3.20. The molecule has 0 bridgehead atoms. The van der Waals surface area contributed by atoms with Crippen LogP contribution in [0.1, 0.15) is 26.3 Å². The second kappa shape index (κ2) is 11.2. The van der Waals surface area contributed by atoms with Gasteiger partial charge in [0.05, 0.1) is 18.7 Å². The van der Waals surface area contributed by atoms with Crippen LogP contribution in [-0.4, -0.2) is 62.0 Å². The monoisotopic (exact) mass is 366 g/mol. The first-order valence-corrected chi connectivity index (χ1v) is 8.45. The lowest BCUT2D eigenvalue weighted by Gasteiger charge is -2.26. The number of aliphatic hydroxyl groups is 1. The summed E-state index contributed by atoms with van der Waals surface area (Å²) >= 11 is 0. The lowest BCUT2D eigenvalue weighted by atomic mass is 10.1. The van der Waals surface area contributed by atoms with Gasteiger partial charge in [-0.25, -0.2) is 9.78 Å². The van der Waals surface area contributed by atoms with Crippen LogP contribution in [0.4, 0.5) is 5.82 Å². The number of likely N-dealkylation sites (N-methyl/N-ethyl adjacent to an activating group) is 1. The molecule has 0 radical (unpaired) electrons. The third-order valence-electron chi connectivity index (χ3n) is 3.40. The summed E-state index contributed by atoms with van der Waals surface area (Å²) in [7, 11) is 1.75. The summed E-state index contributed by atoms with van der Waals surface area (Å²) in [5, 5.41) is 10.5. The maximum atomic E-state index is 11.9. The zero-order valence-electron chi connectivity index (χ0n) is 15.6. The van der Waals surface area contributed by atoms with Gasteiger partial charge in [-0.15, -0.1) is 0 Å². The first-order valence-electron chi connectivity index (χ1n) is 8.45. The van der Waals surface area contributed by atoms with Gasteiger partial charge in [-0.05, 0) is 32.9 Å². The van der Waals surface area contributed by atoms with Crippen molar-refractivity contribution in [1.82, 2.24) is 4.98 Å². The van der Waals surface area contributed by atoms with Gasteiger partial charge in [-0.2, -0.15) is 0 Å². The summed E-state index contributed by atoms with van der Waals surface area (Å²) < 4.78 is 15.8. The number of hydrogen-bond acceptors (Lipinski definition) is 8. The van der Waals surface area contributed by atoms with Gasteiger partial charge in [-0.1, -0.05) is 0 Å². The second-order valence-electron chi connectivity index (χ2n) is 5.20. The molecule has 1 aromatic rings. The van der Waals surface area contributed by atoms with Gasteiger partial charge in [0.1, 0.15) is 17.2 Å². The van der Waals surface area contributed by atoms with Crippen molar-refractivity contribution in [2.24, 2.45) is 0 Å². The fourth-order valence-corrected chi connectivity index (χ4v) is 2.28. The minimum atomic E-state index is -0.890. The molecule has 0 aliphatic heterocycles. The van der Waals surface area contributed by atoms with Crippen molar-refractivity contribution in [3.05, 3.63) is 29.5 Å². The number of carbonyl (C=O) groups is 2. The summed E-state index contributed by atoms with van der Waals surface area (Å²) in [4.78, 5) is 29.1. The van der Waals surface area contributed by atoms with Crippen molar-refractivity contribution in [2.75, 3.05) is 38.3 Å². The number of aliphatic hydroxyl groups excluding tert-OH is 1. The molecule has 26 heavy (non-hydrogen) atoms. The number of pyridine rings is 1. The number of anilines is 1. The van der Waals surface area contributed by atoms with E-state index in [1.54, 1.807) is 37.2 Å². The van der Waals surface area contributed by atoms with Crippen molar-refractivity contribution in [3.8, 4) is 0 Å². The zero-order valence-corrected chi connectivity index (χ0v) is 15.6. The van der Waals surface area contributed by atoms with Crippen LogP contribution in [0, 0.1) is 0 Å². The highest BCUT2D eigenvalue weighted by molar-refractivity contribution is 6.13. The maximum Gasteiger partial charge on any atom is 0.345 e. The number of aldehydes is 1. The molecular formula is C18H26N2O6. The molecule has 0 saturated carbocycles. The number of hydrogen-bond donors (Lipinski definition) is 1. The van der Waals surface area contributed by atoms with E-state index < -0.39 is 23.6 Å². The van der Waals surface area contributed by atoms with Crippen molar-refractivity contribution in [2.45, 2.75) is 27.1 Å². The van der Waals surface area contributed by atoms with Crippen molar-refractivity contribution >= 4 is 23.8 Å². The molecule has 0 aliphatic rings. The van der Waals surface area contributed by atoms with E-state index in [4.69, 9.17) is 14.2 Å². The van der Waals surface area contributed by atoms with E-state index in [-0.39, 0.29) is 18.5 Å². The van der Waals surface area contributed by atoms with Crippen LogP contribution < -0.4 is 4.90 Å². The lowest BCUT2D eigenvalue weighted by molar-refractivity contribution is -0.139. The number of rotatable bonds is 11. The molecule has 1 N–H and O–H groups in total. The van der Waals surface area contributed by atoms with Crippen LogP contribution in [0.5, 0.6) is 0 Å². The summed E-state index contributed by atoms with van der Waals surface area (Å²) in [6.45, 7) is 6.74. The fourth-order valence-electron chi connectivity index (χ4n) is 2.28. The highest BCUT2D eigenvalue weighted by atomic mass is 16.7. The van der Waals surface area contributed by atoms with E-state index >= 15 is 0 Å². The third-order valence-corrected chi connectivity index (χ3v) is 3.40. The topological polar surface area (TPSA) is 98.2 Å². The van der Waals surface area contributed by atoms with Crippen LogP contribution in [-0.2, 0) is 23.8 Å². The Morgan fingerprint density at radius 2 is 1.92 bits per heavy atom. The normalized spacial score (nSPS) is 11.9. The summed E-state index contributed by atoms with van der Waals surface area (Å²) in [6.07, 6.45) is 1.34. The minimum absolute atomic E-state index is 0.0909. The molecule has 0 saturated heterocycles. The Kier molecular flexibility index (Phi) is 9.32. The third kappa shape index (κ3) is 5.82. The molecule has 0 aromatic carbocycles. The second-order valence-corrected chi connectivity index (χ2v) is 5.20. The van der Waals surface area contributed by atoms with E-state index in [0.717, 1.165) is 0 Å². The molecule has 1 aromatic heterocycles. The predicted molar refractivity (Wildman–Crippen MR) is 96.8 cm³/mol. The summed E-state index contributed by atoms with van der Waals surface area (Å²) in [6, 6.07) is 3.16. The van der Waals surface area contributed by atoms with E-state index in [2.05, 4.69) is 4.98 Å². The Labute approximate surface area is 153 Å². The molecule has 0 aliphatic carbocycles. The van der Waals surface area contributed by atoms with E-state index in [1.807, 2.05) is 13.8 Å². The molecule has 0 atom stereocenters. The molecule has 0 unspecified atom stereocenters. The standard InChI is InChI=1S/C18H26N2O6/c1-5-24-15(25-6-2)11-20(4)17-13(9-8-10-19-17)16(22)14(12-21)18(23)26-7-3/h8-10,12,15,22H,5-7,11H2,1-4H3/b16-14-. The number of aromatic nitrogens is 1. The first kappa shape index (κ1) is 21.6. The van der Waals surface area contributed by atoms with Crippen LogP contribution in [0.3, 0.4) is 0 Å². The smallest absolute Gasteiger partial charge is 0.345 e. The lowest BCUT2D eigenvalue weighted by Crippen LogP contribution is -2.34.